The van der Waals surface area contributed by atoms with E-state index < -0.39 is 24.3 Å². The van der Waals surface area contributed by atoms with Crippen molar-refractivity contribution in [2.24, 2.45) is 4.99 Å². The number of hydrogen-bond donors (Lipinski definition) is 1. The molecule has 0 aliphatic carbocycles. The van der Waals surface area contributed by atoms with Crippen LogP contribution in [-0.4, -0.2) is 45.8 Å². The summed E-state index contributed by atoms with van der Waals surface area (Å²) in [5.74, 6) is 0.102. The normalized spacial score (nSPS) is 11.8. The van der Waals surface area contributed by atoms with Crippen molar-refractivity contribution in [3.8, 4) is 17.2 Å². The minimum atomic E-state index is -4.63. The molecule has 0 aromatic heterocycles. The van der Waals surface area contributed by atoms with Gasteiger partial charge in [-0.05, 0) is 36.4 Å². The van der Waals surface area contributed by atoms with Crippen molar-refractivity contribution in [2.75, 3.05) is 26.6 Å². The smallest absolute Gasteiger partial charge is 0.461 e. The van der Waals surface area contributed by atoms with E-state index in [2.05, 4.69) is 15.0 Å². The Morgan fingerprint density at radius 3 is 2.03 bits per heavy atom. The van der Waals surface area contributed by atoms with Crippen molar-refractivity contribution in [1.82, 2.24) is 0 Å². The summed E-state index contributed by atoms with van der Waals surface area (Å²) in [6.07, 6.45) is -8.61. The maximum Gasteiger partial charge on any atom is 0.461 e. The first-order chi connectivity index (χ1) is 14.2. The third kappa shape index (κ3) is 5.52. The Bertz CT molecular complexity index is 882. The van der Waals surface area contributed by atoms with E-state index >= 15 is 0 Å². The number of anilines is 1. The van der Waals surface area contributed by atoms with Crippen molar-refractivity contribution in [1.29, 1.82) is 0 Å². The van der Waals surface area contributed by atoms with Gasteiger partial charge in [0.05, 0.1) is 21.3 Å². The molecule has 7 nitrogen and oxygen atoms in total. The molecule has 0 radical (unpaired) electrons. The molecule has 0 fully saturated rings. The first kappa shape index (κ1) is 22.8. The molecule has 0 saturated heterocycles. The average molecular weight is 430 g/mol. The summed E-state index contributed by atoms with van der Waals surface area (Å²) >= 11 is 0. The minimum Gasteiger partial charge on any atom is -0.496 e. The predicted molar refractivity (Wildman–Crippen MR) is 100 cm³/mol. The molecule has 0 atom stereocenters. The molecule has 0 unspecified atom stereocenters. The van der Waals surface area contributed by atoms with Gasteiger partial charge in [-0.3, -0.25) is 0 Å². The van der Waals surface area contributed by atoms with Crippen LogP contribution in [0.15, 0.2) is 47.5 Å². The summed E-state index contributed by atoms with van der Waals surface area (Å²) in [6, 6.07) is 8.42. The molecule has 0 spiro atoms. The lowest BCUT2D eigenvalue weighted by atomic mass is 10.1. The van der Waals surface area contributed by atoms with Gasteiger partial charge < -0.3 is 24.3 Å². The fourth-order valence-electron chi connectivity index (χ4n) is 2.32. The Morgan fingerprint density at radius 2 is 1.57 bits per heavy atom. The van der Waals surface area contributed by atoms with Crippen LogP contribution in [-0.2, 0) is 4.74 Å². The van der Waals surface area contributed by atoms with E-state index in [4.69, 9.17) is 14.2 Å². The minimum absolute atomic E-state index is 0.0988. The number of carbonyl (C=O) groups is 1. The van der Waals surface area contributed by atoms with Gasteiger partial charge in [0.15, 0.2) is 0 Å². The second-order valence-corrected chi connectivity index (χ2v) is 5.58. The molecule has 0 bridgehead atoms. The lowest BCUT2D eigenvalue weighted by Gasteiger charge is -2.16. The van der Waals surface area contributed by atoms with Crippen LogP contribution in [0, 0.1) is 0 Å². The van der Waals surface area contributed by atoms with Crippen molar-refractivity contribution >= 4 is 17.6 Å². The van der Waals surface area contributed by atoms with Gasteiger partial charge in [0.2, 0.25) is 5.90 Å². The Morgan fingerprint density at radius 1 is 1.00 bits per heavy atom. The van der Waals surface area contributed by atoms with Crippen LogP contribution in [0.25, 0.3) is 0 Å². The summed E-state index contributed by atoms with van der Waals surface area (Å²) in [7, 11) is 4.15. The Balaban J connectivity index is 2.19. The van der Waals surface area contributed by atoms with Gasteiger partial charge in [0, 0.05) is 5.69 Å². The van der Waals surface area contributed by atoms with Crippen LogP contribution >= 0.6 is 0 Å². The van der Waals surface area contributed by atoms with Gasteiger partial charge in [-0.2, -0.15) is 22.6 Å². The molecule has 11 heteroatoms. The number of nitrogens with one attached hydrogen (secondary N) is 1. The van der Waals surface area contributed by atoms with Gasteiger partial charge in [0.25, 0.3) is 0 Å². The second-order valence-electron chi connectivity index (χ2n) is 5.58. The van der Waals surface area contributed by atoms with E-state index in [-0.39, 0.29) is 11.6 Å². The van der Waals surface area contributed by atoms with Crippen LogP contribution in [0.5, 0.6) is 17.2 Å². The Labute approximate surface area is 169 Å². The van der Waals surface area contributed by atoms with E-state index in [0.29, 0.717) is 17.1 Å². The standard InChI is InChI=1S/C19H18F4N2O5/c1-27-13-5-4-6-14(28-2)15(13)16(29-3)25-18(26)24-11-7-9-12(10-8-11)30-19(22,23)17(20)21/h4-10,17H,1-3H3,(H,24,26). The number of carbonyl (C=O) groups excluding carboxylic acids is 1. The predicted octanol–water partition coefficient (Wildman–Crippen LogP) is 4.57. The summed E-state index contributed by atoms with van der Waals surface area (Å²) in [5, 5.41) is 2.38. The number of halogens is 4. The number of alkyl halides is 4. The fourth-order valence-corrected chi connectivity index (χ4v) is 2.32. The molecule has 2 amide bonds. The van der Waals surface area contributed by atoms with E-state index in [0.717, 1.165) is 12.1 Å². The van der Waals surface area contributed by atoms with Crippen molar-refractivity contribution in [3.05, 3.63) is 48.0 Å². The lowest BCUT2D eigenvalue weighted by molar-refractivity contribution is -0.253. The summed E-state index contributed by atoms with van der Waals surface area (Å²) in [6.45, 7) is 0. The van der Waals surface area contributed by atoms with Gasteiger partial charge in [0.1, 0.15) is 22.8 Å². The van der Waals surface area contributed by atoms with Crippen LogP contribution < -0.4 is 19.5 Å². The highest BCUT2D eigenvalue weighted by molar-refractivity contribution is 6.07. The van der Waals surface area contributed by atoms with Crippen LogP contribution in [0.2, 0.25) is 0 Å². The molecule has 2 aromatic rings. The maximum absolute atomic E-state index is 12.9. The number of aliphatic imine (C=N–C) groups is 1. The first-order valence-electron chi connectivity index (χ1n) is 8.32. The molecule has 0 aliphatic heterocycles. The molecule has 0 heterocycles. The number of rotatable bonds is 7. The topological polar surface area (TPSA) is 78.4 Å². The van der Waals surface area contributed by atoms with Crippen molar-refractivity contribution in [2.45, 2.75) is 12.5 Å². The average Bonchev–Trinajstić information content (AvgIpc) is 2.72. The molecular weight excluding hydrogens is 412 g/mol. The van der Waals surface area contributed by atoms with Crippen LogP contribution in [0.4, 0.5) is 28.0 Å². The summed E-state index contributed by atoms with van der Waals surface area (Å²) in [5.41, 5.74) is 0.456. The highest BCUT2D eigenvalue weighted by Crippen LogP contribution is 2.30. The van der Waals surface area contributed by atoms with E-state index in [1.54, 1.807) is 18.2 Å². The number of urea groups is 1. The number of methoxy groups -OCH3 is 3. The second kappa shape index (κ2) is 9.81. The number of benzene rings is 2. The zero-order chi connectivity index (χ0) is 22.3. The summed E-state index contributed by atoms with van der Waals surface area (Å²) in [4.78, 5) is 16.1. The summed E-state index contributed by atoms with van der Waals surface area (Å²) < 4.78 is 69.8. The first-order valence-corrected chi connectivity index (χ1v) is 8.32. The maximum atomic E-state index is 12.9. The molecule has 1 N–H and O–H groups in total. The largest absolute Gasteiger partial charge is 0.496 e. The van der Waals surface area contributed by atoms with E-state index in [1.807, 2.05) is 0 Å². The number of ether oxygens (including phenoxy) is 4. The molecule has 30 heavy (non-hydrogen) atoms. The monoisotopic (exact) mass is 430 g/mol. The molecule has 0 aliphatic rings. The molecule has 162 valence electrons. The zero-order valence-corrected chi connectivity index (χ0v) is 16.1. The molecule has 0 saturated carbocycles. The number of amides is 2. The highest BCUT2D eigenvalue weighted by Gasteiger charge is 2.43. The number of hydrogen-bond acceptors (Lipinski definition) is 5. The Hall–Kier alpha value is -3.50. The van der Waals surface area contributed by atoms with Gasteiger partial charge in [-0.25, -0.2) is 4.79 Å². The molecule has 2 aromatic carbocycles. The number of nitrogens with zero attached hydrogens (tertiary/aromatic N) is 1. The molecule has 2 rings (SSSR count). The van der Waals surface area contributed by atoms with Crippen molar-refractivity contribution in [3.63, 3.8) is 0 Å². The quantitative estimate of drug-likeness (QED) is 0.396. The van der Waals surface area contributed by atoms with E-state index in [9.17, 15) is 22.4 Å². The van der Waals surface area contributed by atoms with Crippen molar-refractivity contribution < 1.29 is 41.3 Å². The zero-order valence-electron chi connectivity index (χ0n) is 16.1. The third-order valence-electron chi connectivity index (χ3n) is 3.65. The SMILES string of the molecule is COC(=NC(=O)Nc1ccc(OC(F)(F)C(F)F)cc1)c1c(OC)cccc1OC. The fraction of sp³-hybridized carbons (Fsp3) is 0.263. The third-order valence-corrected chi connectivity index (χ3v) is 3.65. The van der Waals surface area contributed by atoms with Gasteiger partial charge in [-0.1, -0.05) is 6.07 Å². The highest BCUT2D eigenvalue weighted by atomic mass is 19.3. The van der Waals surface area contributed by atoms with E-state index in [1.165, 1.54) is 33.5 Å². The Kier molecular flexibility index (Phi) is 7.45. The van der Waals surface area contributed by atoms with Gasteiger partial charge in [-0.15, -0.1) is 0 Å². The van der Waals surface area contributed by atoms with Crippen LogP contribution in [0.3, 0.4) is 0 Å². The molecular formula is C19H18F4N2O5. The lowest BCUT2D eigenvalue weighted by Crippen LogP contribution is -2.33. The van der Waals surface area contributed by atoms with Gasteiger partial charge >= 0.3 is 18.6 Å². The van der Waals surface area contributed by atoms with Crippen LogP contribution in [0.1, 0.15) is 5.56 Å².